The molecule has 0 bridgehead atoms. The molecule has 0 heterocycles. The molecule has 11 heteroatoms. The van der Waals surface area contributed by atoms with Crippen molar-refractivity contribution in [2.45, 2.75) is 31.3 Å². The Bertz CT molecular complexity index is 1410. The monoisotopic (exact) mass is 577 g/mol. The molecule has 0 aliphatic heterocycles. The van der Waals surface area contributed by atoms with Gasteiger partial charge in [-0.25, -0.2) is 8.42 Å². The Morgan fingerprint density at radius 1 is 1.03 bits per heavy atom. The normalized spacial score (nSPS) is 11.9. The fraction of sp³-hybridized carbons (Fsp3) is 0.259. The predicted octanol–water partition coefficient (Wildman–Crippen LogP) is 4.67. The number of carbonyl (C=O) groups is 2. The Morgan fingerprint density at radius 2 is 1.71 bits per heavy atom. The van der Waals surface area contributed by atoms with Crippen LogP contribution < -0.4 is 14.4 Å². The number of carbonyl (C=O) groups excluding carboxylic acids is 2. The quantitative estimate of drug-likeness (QED) is 0.378. The highest BCUT2D eigenvalue weighted by Crippen LogP contribution is 2.32. The van der Waals surface area contributed by atoms with E-state index in [1.807, 2.05) is 6.92 Å². The highest BCUT2D eigenvalue weighted by Gasteiger charge is 2.32. The van der Waals surface area contributed by atoms with Crippen molar-refractivity contribution < 1.29 is 22.7 Å². The third-order valence-corrected chi connectivity index (χ3v) is 8.29. The average molecular weight is 579 g/mol. The van der Waals surface area contributed by atoms with E-state index in [4.69, 9.17) is 27.9 Å². The van der Waals surface area contributed by atoms with Gasteiger partial charge in [0, 0.05) is 18.6 Å². The highest BCUT2D eigenvalue weighted by molar-refractivity contribution is 7.92. The van der Waals surface area contributed by atoms with E-state index in [2.05, 4.69) is 5.32 Å². The van der Waals surface area contributed by atoms with Crippen molar-refractivity contribution in [3.05, 3.63) is 87.9 Å². The van der Waals surface area contributed by atoms with Gasteiger partial charge in [0.25, 0.3) is 10.0 Å². The van der Waals surface area contributed by atoms with Crippen LogP contribution in [0.5, 0.6) is 5.75 Å². The minimum Gasteiger partial charge on any atom is -0.495 e. The summed E-state index contributed by atoms with van der Waals surface area (Å²) in [7, 11) is -1.29. The van der Waals surface area contributed by atoms with Crippen molar-refractivity contribution in [2.24, 2.45) is 0 Å². The number of benzene rings is 3. The number of hydrogen-bond donors (Lipinski definition) is 1. The molecular formula is C27H29Cl2N3O5S. The summed E-state index contributed by atoms with van der Waals surface area (Å²) in [5.74, 6) is -0.644. The van der Waals surface area contributed by atoms with Gasteiger partial charge < -0.3 is 15.0 Å². The lowest BCUT2D eigenvalue weighted by molar-refractivity contribution is -0.139. The molecule has 8 nitrogen and oxygen atoms in total. The Kier molecular flexibility index (Phi) is 9.65. The van der Waals surface area contributed by atoms with Crippen LogP contribution in [0, 0.1) is 6.92 Å². The third kappa shape index (κ3) is 6.78. The fourth-order valence-corrected chi connectivity index (χ4v) is 5.67. The fourth-order valence-electron chi connectivity index (χ4n) is 3.80. The largest absolute Gasteiger partial charge is 0.495 e. The van der Waals surface area contributed by atoms with Crippen LogP contribution in [0.15, 0.2) is 71.6 Å². The summed E-state index contributed by atoms with van der Waals surface area (Å²) in [6.07, 6.45) is 0. The van der Waals surface area contributed by atoms with Crippen molar-refractivity contribution in [1.82, 2.24) is 10.2 Å². The van der Waals surface area contributed by atoms with Crippen LogP contribution in [0.2, 0.25) is 10.0 Å². The van der Waals surface area contributed by atoms with Crippen LogP contribution >= 0.6 is 23.2 Å². The molecule has 0 fully saturated rings. The number of nitrogens with zero attached hydrogens (tertiary/aromatic N) is 2. The number of nitrogens with one attached hydrogen (secondary N) is 1. The summed E-state index contributed by atoms with van der Waals surface area (Å²) < 4.78 is 33.8. The summed E-state index contributed by atoms with van der Waals surface area (Å²) >= 11 is 12.4. The van der Waals surface area contributed by atoms with Gasteiger partial charge in [-0.2, -0.15) is 0 Å². The maximum atomic E-state index is 13.8. The third-order valence-electron chi connectivity index (χ3n) is 5.97. The first-order chi connectivity index (χ1) is 18.0. The second-order valence-electron chi connectivity index (χ2n) is 8.59. The van der Waals surface area contributed by atoms with E-state index < -0.39 is 34.4 Å². The van der Waals surface area contributed by atoms with E-state index in [-0.39, 0.29) is 22.2 Å². The predicted molar refractivity (Wildman–Crippen MR) is 149 cm³/mol. The number of anilines is 1. The standard InChI is InChI=1S/C27H29Cl2N3O5S/c1-18-8-11-23(12-9-18)38(35,36)32(22-10-13-25(37-4)24(29)15-22)17-26(33)31(19(2)27(34)30-3)16-20-6-5-7-21(28)14-20/h5-15,19H,16-17H2,1-4H3,(H,30,34)/t19-/m0/s1. The number of ether oxygens (including phenoxy) is 1. The van der Waals surface area contributed by atoms with Gasteiger partial charge in [-0.3, -0.25) is 13.9 Å². The molecule has 0 unspecified atom stereocenters. The van der Waals surface area contributed by atoms with Crippen molar-refractivity contribution >= 4 is 50.7 Å². The molecule has 202 valence electrons. The minimum atomic E-state index is -4.20. The topological polar surface area (TPSA) is 96.0 Å². The first-order valence-electron chi connectivity index (χ1n) is 11.7. The summed E-state index contributed by atoms with van der Waals surface area (Å²) in [4.78, 5) is 27.6. The molecule has 1 atom stereocenters. The molecular weight excluding hydrogens is 549 g/mol. The summed E-state index contributed by atoms with van der Waals surface area (Å²) in [5.41, 5.74) is 1.73. The van der Waals surface area contributed by atoms with Gasteiger partial charge in [0.05, 0.1) is 22.7 Å². The van der Waals surface area contributed by atoms with Crippen LogP contribution in [0.25, 0.3) is 0 Å². The summed E-state index contributed by atoms with van der Waals surface area (Å²) in [6.45, 7) is 2.87. The van der Waals surface area contributed by atoms with Crippen LogP contribution in [-0.2, 0) is 26.2 Å². The molecule has 3 aromatic rings. The van der Waals surface area contributed by atoms with Crippen molar-refractivity contribution in [3.8, 4) is 5.75 Å². The van der Waals surface area contributed by atoms with Gasteiger partial charge in [-0.05, 0) is 61.9 Å². The second-order valence-corrected chi connectivity index (χ2v) is 11.3. The Balaban J connectivity index is 2.07. The van der Waals surface area contributed by atoms with Gasteiger partial charge >= 0.3 is 0 Å². The zero-order chi connectivity index (χ0) is 28.0. The molecule has 1 N–H and O–H groups in total. The van der Waals surface area contributed by atoms with Crippen molar-refractivity contribution in [3.63, 3.8) is 0 Å². The average Bonchev–Trinajstić information content (AvgIpc) is 2.89. The van der Waals surface area contributed by atoms with E-state index in [0.717, 1.165) is 9.87 Å². The zero-order valence-corrected chi connectivity index (χ0v) is 23.8. The maximum absolute atomic E-state index is 13.8. The Labute approximate surface area is 233 Å². The van der Waals surface area contributed by atoms with Crippen LogP contribution in [-0.4, -0.2) is 51.9 Å². The molecule has 3 rings (SSSR count). The molecule has 0 saturated heterocycles. The number of rotatable bonds is 10. The molecule has 0 aliphatic carbocycles. The van der Waals surface area contributed by atoms with E-state index in [1.54, 1.807) is 43.3 Å². The second kappa shape index (κ2) is 12.5. The number of amides is 2. The lowest BCUT2D eigenvalue weighted by atomic mass is 10.1. The Hall–Kier alpha value is -3.27. The maximum Gasteiger partial charge on any atom is 0.264 e. The number of hydrogen-bond acceptors (Lipinski definition) is 5. The molecule has 2 amide bonds. The number of halogens is 2. The summed E-state index contributed by atoms with van der Waals surface area (Å²) in [5, 5.41) is 3.19. The number of aryl methyl sites for hydroxylation is 1. The molecule has 0 radical (unpaired) electrons. The van der Waals surface area contributed by atoms with Gasteiger partial charge in [0.2, 0.25) is 11.8 Å². The molecule has 3 aromatic carbocycles. The lowest BCUT2D eigenvalue weighted by Gasteiger charge is -2.32. The van der Waals surface area contributed by atoms with Gasteiger partial charge in [-0.15, -0.1) is 0 Å². The van der Waals surface area contributed by atoms with E-state index >= 15 is 0 Å². The zero-order valence-electron chi connectivity index (χ0n) is 21.4. The number of likely N-dealkylation sites (N-methyl/N-ethyl adjacent to an activating group) is 1. The summed E-state index contributed by atoms with van der Waals surface area (Å²) in [6, 6.07) is 16.7. The van der Waals surface area contributed by atoms with Crippen molar-refractivity contribution in [2.75, 3.05) is 25.0 Å². The van der Waals surface area contributed by atoms with Crippen LogP contribution in [0.4, 0.5) is 5.69 Å². The molecule has 0 saturated carbocycles. The van der Waals surface area contributed by atoms with Crippen LogP contribution in [0.1, 0.15) is 18.1 Å². The van der Waals surface area contributed by atoms with E-state index in [9.17, 15) is 18.0 Å². The molecule has 0 aliphatic rings. The Morgan fingerprint density at radius 3 is 2.29 bits per heavy atom. The molecule has 38 heavy (non-hydrogen) atoms. The smallest absolute Gasteiger partial charge is 0.264 e. The first-order valence-corrected chi connectivity index (χ1v) is 13.9. The first kappa shape index (κ1) is 29.3. The van der Waals surface area contributed by atoms with Crippen LogP contribution in [0.3, 0.4) is 0 Å². The number of sulfonamides is 1. The van der Waals surface area contributed by atoms with Gasteiger partial charge in [0.15, 0.2) is 0 Å². The highest BCUT2D eigenvalue weighted by atomic mass is 35.5. The minimum absolute atomic E-state index is 0.00332. The van der Waals surface area contributed by atoms with Crippen molar-refractivity contribution in [1.29, 1.82) is 0 Å². The van der Waals surface area contributed by atoms with E-state index in [0.29, 0.717) is 16.3 Å². The number of methoxy groups -OCH3 is 1. The van der Waals surface area contributed by atoms with Gasteiger partial charge in [-0.1, -0.05) is 53.0 Å². The lowest BCUT2D eigenvalue weighted by Crippen LogP contribution is -2.50. The van der Waals surface area contributed by atoms with E-state index in [1.165, 1.54) is 49.4 Å². The van der Waals surface area contributed by atoms with Gasteiger partial charge in [0.1, 0.15) is 18.3 Å². The SMILES string of the molecule is CNC(=O)[C@H](C)N(Cc1cccc(Cl)c1)C(=O)CN(c1ccc(OC)c(Cl)c1)S(=O)(=O)c1ccc(C)cc1. The molecule has 0 aromatic heterocycles. The molecule has 0 spiro atoms.